The maximum atomic E-state index is 12.4. The number of carbonyl (C=O) groups is 3. The van der Waals surface area contributed by atoms with Crippen LogP contribution >= 0.6 is 0 Å². The second-order valence-corrected chi connectivity index (χ2v) is 5.89. The lowest BCUT2D eigenvalue weighted by Gasteiger charge is -2.24. The van der Waals surface area contributed by atoms with Gasteiger partial charge in [0.25, 0.3) is 11.8 Å². The van der Waals surface area contributed by atoms with Crippen molar-refractivity contribution in [3.05, 3.63) is 35.4 Å². The molecule has 108 valence electrons. The quantitative estimate of drug-likeness (QED) is 0.754. The molecule has 0 atom stereocenters. The van der Waals surface area contributed by atoms with E-state index in [4.69, 9.17) is 4.84 Å². The van der Waals surface area contributed by atoms with Crippen molar-refractivity contribution in [1.82, 2.24) is 9.96 Å². The average molecular weight is 286 g/mol. The number of hydrogen-bond donors (Lipinski definition) is 0. The molecule has 0 aromatic heterocycles. The zero-order valence-electron chi connectivity index (χ0n) is 11.4. The monoisotopic (exact) mass is 286 g/mol. The fourth-order valence-corrected chi connectivity index (χ4v) is 3.42. The van der Waals surface area contributed by atoms with E-state index in [0.29, 0.717) is 11.6 Å². The molecule has 0 aliphatic carbocycles. The maximum Gasteiger partial charge on any atom is 0.340 e. The van der Waals surface area contributed by atoms with Gasteiger partial charge in [-0.1, -0.05) is 17.2 Å². The minimum atomic E-state index is -0.562. The number of fused-ring (bicyclic) bond motifs is 3. The summed E-state index contributed by atoms with van der Waals surface area (Å²) in [6, 6.07) is 6.49. The number of hydrogen-bond acceptors (Lipinski definition) is 5. The van der Waals surface area contributed by atoms with Crippen LogP contribution in [0.2, 0.25) is 0 Å². The number of nitrogens with zero attached hydrogens (tertiary/aromatic N) is 2. The molecular formula is C15H14N2O4. The molecule has 1 aromatic rings. The first-order valence-corrected chi connectivity index (χ1v) is 7.03. The largest absolute Gasteiger partial charge is 0.340 e. The SMILES string of the molecule is O=C1c2ccccc2C(=O)N1OC(=O)C12CCN(CC1)C2. The summed E-state index contributed by atoms with van der Waals surface area (Å²) in [6.45, 7) is 2.41. The van der Waals surface area contributed by atoms with E-state index in [1.54, 1.807) is 24.3 Å². The van der Waals surface area contributed by atoms with Gasteiger partial charge in [0.05, 0.1) is 16.5 Å². The molecular weight excluding hydrogens is 272 g/mol. The minimum Gasteiger partial charge on any atom is -0.329 e. The van der Waals surface area contributed by atoms with Gasteiger partial charge in [-0.05, 0) is 38.1 Å². The Morgan fingerprint density at radius 1 is 1.05 bits per heavy atom. The van der Waals surface area contributed by atoms with Crippen LogP contribution in [-0.4, -0.2) is 47.4 Å². The van der Waals surface area contributed by atoms with Gasteiger partial charge in [0.1, 0.15) is 0 Å². The Hall–Kier alpha value is -2.21. The van der Waals surface area contributed by atoms with Crippen molar-refractivity contribution in [2.24, 2.45) is 5.41 Å². The van der Waals surface area contributed by atoms with E-state index in [9.17, 15) is 14.4 Å². The lowest BCUT2D eigenvalue weighted by Crippen LogP contribution is -2.40. The zero-order chi connectivity index (χ0) is 14.6. The minimum absolute atomic E-state index is 0.285. The van der Waals surface area contributed by atoms with Crippen LogP contribution in [0.4, 0.5) is 0 Å². The lowest BCUT2D eigenvalue weighted by molar-refractivity contribution is -0.179. The van der Waals surface area contributed by atoms with Crippen LogP contribution in [0.25, 0.3) is 0 Å². The summed E-state index contributed by atoms with van der Waals surface area (Å²) in [6.07, 6.45) is 1.46. The molecule has 0 unspecified atom stereocenters. The van der Waals surface area contributed by atoms with Crippen LogP contribution in [0.3, 0.4) is 0 Å². The third-order valence-corrected chi connectivity index (χ3v) is 4.70. The molecule has 1 aromatic carbocycles. The smallest absolute Gasteiger partial charge is 0.329 e. The van der Waals surface area contributed by atoms with E-state index in [-0.39, 0.29) is 11.1 Å². The highest BCUT2D eigenvalue weighted by molar-refractivity contribution is 6.20. The Kier molecular flexibility index (Phi) is 2.47. The van der Waals surface area contributed by atoms with E-state index in [0.717, 1.165) is 25.9 Å². The Morgan fingerprint density at radius 2 is 1.62 bits per heavy atom. The van der Waals surface area contributed by atoms with Crippen molar-refractivity contribution >= 4 is 17.8 Å². The number of amides is 2. The van der Waals surface area contributed by atoms with Gasteiger partial charge in [0.2, 0.25) is 0 Å². The molecule has 0 N–H and O–H groups in total. The molecule has 4 rings (SSSR count). The summed E-state index contributed by atoms with van der Waals surface area (Å²) in [4.78, 5) is 44.2. The molecule has 0 radical (unpaired) electrons. The molecule has 0 saturated carbocycles. The van der Waals surface area contributed by atoms with Gasteiger partial charge in [-0.15, -0.1) is 0 Å². The number of piperidine rings is 1. The second kappa shape index (κ2) is 4.14. The highest BCUT2D eigenvalue weighted by Gasteiger charge is 2.52. The standard InChI is InChI=1S/C15H14N2O4/c18-12-10-3-1-2-4-11(10)13(19)17(12)21-14(20)15-5-7-16(9-15)8-6-15/h1-4H,5-9H2. The van der Waals surface area contributed by atoms with Crippen LogP contribution in [-0.2, 0) is 9.63 Å². The van der Waals surface area contributed by atoms with Crippen molar-refractivity contribution in [2.45, 2.75) is 12.8 Å². The Morgan fingerprint density at radius 3 is 2.10 bits per heavy atom. The highest BCUT2D eigenvalue weighted by atomic mass is 16.7. The van der Waals surface area contributed by atoms with E-state index in [2.05, 4.69) is 4.90 Å². The van der Waals surface area contributed by atoms with Crippen LogP contribution in [0.1, 0.15) is 33.6 Å². The highest BCUT2D eigenvalue weighted by Crippen LogP contribution is 2.42. The molecule has 6 nitrogen and oxygen atoms in total. The summed E-state index contributed by atoms with van der Waals surface area (Å²) in [7, 11) is 0. The normalized spacial score (nSPS) is 29.9. The first-order valence-electron chi connectivity index (χ1n) is 7.03. The van der Waals surface area contributed by atoms with Gasteiger partial charge >= 0.3 is 5.97 Å². The van der Waals surface area contributed by atoms with Gasteiger partial charge in [-0.2, -0.15) is 0 Å². The lowest BCUT2D eigenvalue weighted by atomic mass is 9.85. The first-order chi connectivity index (χ1) is 10.1. The van der Waals surface area contributed by atoms with E-state index in [1.807, 2.05) is 0 Å². The first kappa shape index (κ1) is 12.5. The van der Waals surface area contributed by atoms with Gasteiger partial charge in [0, 0.05) is 6.54 Å². The summed E-state index contributed by atoms with van der Waals surface area (Å²) in [5, 5.41) is 0.614. The number of benzene rings is 1. The Balaban J connectivity index is 1.58. The summed E-state index contributed by atoms with van der Waals surface area (Å²) < 4.78 is 0. The summed E-state index contributed by atoms with van der Waals surface area (Å²) in [5.41, 5.74) is 0.0227. The van der Waals surface area contributed by atoms with Crippen LogP contribution in [0.15, 0.2) is 24.3 Å². The maximum absolute atomic E-state index is 12.4. The number of imide groups is 1. The summed E-state index contributed by atoms with van der Waals surface area (Å²) >= 11 is 0. The third-order valence-electron chi connectivity index (χ3n) is 4.70. The molecule has 2 fully saturated rings. The summed E-state index contributed by atoms with van der Waals surface area (Å²) in [5.74, 6) is -1.58. The van der Waals surface area contributed by atoms with Gasteiger partial charge in [-0.3, -0.25) is 9.59 Å². The zero-order valence-corrected chi connectivity index (χ0v) is 11.4. The molecule has 21 heavy (non-hydrogen) atoms. The Labute approximate surface area is 121 Å². The third kappa shape index (κ3) is 1.65. The van der Waals surface area contributed by atoms with Crippen molar-refractivity contribution in [2.75, 3.05) is 19.6 Å². The number of carbonyl (C=O) groups excluding carboxylic acids is 3. The van der Waals surface area contributed by atoms with Crippen molar-refractivity contribution in [3.8, 4) is 0 Å². The fraction of sp³-hybridized carbons (Fsp3) is 0.400. The van der Waals surface area contributed by atoms with Crippen LogP contribution in [0, 0.1) is 5.41 Å². The van der Waals surface area contributed by atoms with Gasteiger partial charge in [0.15, 0.2) is 0 Å². The second-order valence-electron chi connectivity index (χ2n) is 5.89. The van der Waals surface area contributed by atoms with E-state index >= 15 is 0 Å². The van der Waals surface area contributed by atoms with E-state index < -0.39 is 23.2 Å². The number of hydroxylamine groups is 2. The molecule has 3 heterocycles. The predicted molar refractivity (Wildman–Crippen MR) is 71.1 cm³/mol. The average Bonchev–Trinajstić information content (AvgIpc) is 3.18. The van der Waals surface area contributed by atoms with Crippen LogP contribution < -0.4 is 0 Å². The molecule has 2 amide bonds. The predicted octanol–water partition coefficient (Wildman–Crippen LogP) is 0.837. The Bertz CT molecular complexity index is 626. The van der Waals surface area contributed by atoms with Crippen molar-refractivity contribution in [1.29, 1.82) is 0 Å². The molecule has 0 spiro atoms. The van der Waals surface area contributed by atoms with E-state index in [1.165, 1.54) is 0 Å². The van der Waals surface area contributed by atoms with Gasteiger partial charge in [-0.25, -0.2) is 4.79 Å². The van der Waals surface area contributed by atoms with Crippen LogP contribution in [0.5, 0.6) is 0 Å². The number of rotatable bonds is 2. The molecule has 2 bridgehead atoms. The van der Waals surface area contributed by atoms with Crippen molar-refractivity contribution in [3.63, 3.8) is 0 Å². The topological polar surface area (TPSA) is 66.9 Å². The molecule has 2 saturated heterocycles. The van der Waals surface area contributed by atoms with Crippen molar-refractivity contribution < 1.29 is 19.2 Å². The molecule has 3 aliphatic rings. The molecule has 3 aliphatic heterocycles. The fourth-order valence-electron chi connectivity index (χ4n) is 3.42. The van der Waals surface area contributed by atoms with Gasteiger partial charge < -0.3 is 9.74 Å². The molecule has 6 heteroatoms.